The van der Waals surface area contributed by atoms with Gasteiger partial charge in [-0.15, -0.1) is 0 Å². The Bertz CT molecular complexity index is 625. The first-order valence-corrected chi connectivity index (χ1v) is 8.26. The normalized spacial score (nSPS) is 19.9. The van der Waals surface area contributed by atoms with Gasteiger partial charge in [0, 0.05) is 13.1 Å². The first-order chi connectivity index (χ1) is 9.29. The summed E-state index contributed by atoms with van der Waals surface area (Å²) in [6.07, 6.45) is 2.04. The quantitative estimate of drug-likeness (QED) is 0.898. The average Bonchev–Trinajstić information content (AvgIpc) is 2.36. The summed E-state index contributed by atoms with van der Waals surface area (Å²) in [4.78, 5) is 14.2. The number of amides is 1. The zero-order valence-electron chi connectivity index (χ0n) is 11.8. The lowest BCUT2D eigenvalue weighted by Gasteiger charge is -2.31. The SMILES string of the molecule is Cc1ccc(S(N)(=O)=O)c(C(=O)N2CCCC(C)C2)c1. The number of primary sulfonamides is 1. The summed E-state index contributed by atoms with van der Waals surface area (Å²) in [5.41, 5.74) is 1.02. The Kier molecular flexibility index (Phi) is 4.15. The van der Waals surface area contributed by atoms with Crippen molar-refractivity contribution in [3.63, 3.8) is 0 Å². The van der Waals surface area contributed by atoms with E-state index in [0.717, 1.165) is 18.4 Å². The van der Waals surface area contributed by atoms with E-state index in [1.807, 2.05) is 6.92 Å². The molecule has 2 rings (SSSR count). The molecule has 1 fully saturated rings. The van der Waals surface area contributed by atoms with E-state index in [2.05, 4.69) is 6.92 Å². The third kappa shape index (κ3) is 3.19. The molecule has 110 valence electrons. The van der Waals surface area contributed by atoms with E-state index in [0.29, 0.717) is 19.0 Å². The van der Waals surface area contributed by atoms with Crippen LogP contribution in [0.4, 0.5) is 0 Å². The van der Waals surface area contributed by atoms with Crippen molar-refractivity contribution in [2.24, 2.45) is 11.1 Å². The van der Waals surface area contributed by atoms with Crippen molar-refractivity contribution >= 4 is 15.9 Å². The van der Waals surface area contributed by atoms with Gasteiger partial charge in [0.2, 0.25) is 10.0 Å². The second kappa shape index (κ2) is 5.54. The highest BCUT2D eigenvalue weighted by atomic mass is 32.2. The minimum atomic E-state index is -3.89. The van der Waals surface area contributed by atoms with E-state index >= 15 is 0 Å². The van der Waals surface area contributed by atoms with Crippen molar-refractivity contribution in [2.45, 2.75) is 31.6 Å². The molecule has 2 N–H and O–H groups in total. The molecule has 1 amide bonds. The summed E-state index contributed by atoms with van der Waals surface area (Å²) >= 11 is 0. The minimum absolute atomic E-state index is 0.0914. The third-order valence-corrected chi connectivity index (χ3v) is 4.59. The molecule has 20 heavy (non-hydrogen) atoms. The number of nitrogens with two attached hydrogens (primary N) is 1. The molecule has 1 aliphatic rings. The molecule has 6 heteroatoms. The number of piperidine rings is 1. The molecule has 1 heterocycles. The Hall–Kier alpha value is -1.40. The molecule has 1 saturated heterocycles. The first-order valence-electron chi connectivity index (χ1n) is 6.72. The highest BCUT2D eigenvalue weighted by Crippen LogP contribution is 2.22. The highest BCUT2D eigenvalue weighted by Gasteiger charge is 2.26. The zero-order chi connectivity index (χ0) is 14.9. The maximum absolute atomic E-state index is 12.6. The number of aryl methyl sites for hydroxylation is 1. The average molecular weight is 296 g/mol. The third-order valence-electron chi connectivity index (χ3n) is 3.62. The maximum Gasteiger partial charge on any atom is 0.255 e. The van der Waals surface area contributed by atoms with E-state index in [4.69, 9.17) is 5.14 Å². The van der Waals surface area contributed by atoms with E-state index in [9.17, 15) is 13.2 Å². The van der Waals surface area contributed by atoms with Crippen LogP contribution in [0.1, 0.15) is 35.7 Å². The van der Waals surface area contributed by atoms with E-state index in [1.54, 1.807) is 17.0 Å². The van der Waals surface area contributed by atoms with Gasteiger partial charge in [-0.25, -0.2) is 13.6 Å². The van der Waals surface area contributed by atoms with Gasteiger partial charge in [-0.05, 0) is 37.8 Å². The Morgan fingerprint density at radius 2 is 2.10 bits per heavy atom. The summed E-state index contributed by atoms with van der Waals surface area (Å²) in [7, 11) is -3.89. The number of hydrogen-bond donors (Lipinski definition) is 1. The Balaban J connectivity index is 2.41. The molecule has 0 bridgehead atoms. The first kappa shape index (κ1) is 15.0. The van der Waals surface area contributed by atoms with Gasteiger partial charge in [0.25, 0.3) is 5.91 Å². The van der Waals surface area contributed by atoms with Crippen LogP contribution < -0.4 is 5.14 Å². The molecule has 0 aliphatic carbocycles. The van der Waals surface area contributed by atoms with Crippen molar-refractivity contribution in [3.05, 3.63) is 29.3 Å². The second-order valence-electron chi connectivity index (χ2n) is 5.54. The second-order valence-corrected chi connectivity index (χ2v) is 7.07. The van der Waals surface area contributed by atoms with Crippen molar-refractivity contribution in [1.82, 2.24) is 4.90 Å². The van der Waals surface area contributed by atoms with Crippen molar-refractivity contribution in [2.75, 3.05) is 13.1 Å². The van der Waals surface area contributed by atoms with Crippen LogP contribution in [0.2, 0.25) is 0 Å². The zero-order valence-corrected chi connectivity index (χ0v) is 12.6. The lowest BCUT2D eigenvalue weighted by Crippen LogP contribution is -2.39. The molecular formula is C14H20N2O3S. The van der Waals surface area contributed by atoms with Gasteiger partial charge in [-0.2, -0.15) is 0 Å². The minimum Gasteiger partial charge on any atom is -0.338 e. The summed E-state index contributed by atoms with van der Waals surface area (Å²) in [6.45, 7) is 5.25. The molecule has 1 aliphatic heterocycles. The van der Waals surface area contributed by atoms with Crippen LogP contribution in [0.3, 0.4) is 0 Å². The topological polar surface area (TPSA) is 80.5 Å². The molecule has 1 aromatic rings. The molecular weight excluding hydrogens is 276 g/mol. The fourth-order valence-electron chi connectivity index (χ4n) is 2.60. The Labute approximate surface area is 119 Å². The number of rotatable bonds is 2. The molecule has 0 saturated carbocycles. The van der Waals surface area contributed by atoms with Crippen LogP contribution in [0.25, 0.3) is 0 Å². The predicted octanol–water partition coefficient (Wildman–Crippen LogP) is 1.51. The Morgan fingerprint density at radius 1 is 1.40 bits per heavy atom. The number of hydrogen-bond acceptors (Lipinski definition) is 3. The fraction of sp³-hybridized carbons (Fsp3) is 0.500. The van der Waals surface area contributed by atoms with Crippen LogP contribution in [-0.2, 0) is 10.0 Å². The number of nitrogens with zero attached hydrogens (tertiary/aromatic N) is 1. The standard InChI is InChI=1S/C14H20N2O3S/c1-10-5-6-13(20(15,18)19)12(8-10)14(17)16-7-3-4-11(2)9-16/h5-6,8,11H,3-4,7,9H2,1-2H3,(H2,15,18,19). The molecule has 0 spiro atoms. The van der Waals surface area contributed by atoms with Gasteiger partial charge >= 0.3 is 0 Å². The number of likely N-dealkylation sites (tertiary alicyclic amines) is 1. The van der Waals surface area contributed by atoms with E-state index < -0.39 is 10.0 Å². The van der Waals surface area contributed by atoms with Crippen LogP contribution in [0.5, 0.6) is 0 Å². The van der Waals surface area contributed by atoms with Gasteiger partial charge < -0.3 is 4.90 Å². The van der Waals surface area contributed by atoms with Gasteiger partial charge in [0.15, 0.2) is 0 Å². The predicted molar refractivity (Wildman–Crippen MR) is 76.9 cm³/mol. The Morgan fingerprint density at radius 3 is 2.70 bits per heavy atom. The lowest BCUT2D eigenvalue weighted by molar-refractivity contribution is 0.0679. The number of benzene rings is 1. The molecule has 1 atom stereocenters. The molecule has 1 aromatic carbocycles. The maximum atomic E-state index is 12.6. The number of sulfonamides is 1. The molecule has 1 unspecified atom stereocenters. The van der Waals surface area contributed by atoms with Crippen LogP contribution in [-0.4, -0.2) is 32.3 Å². The molecule has 5 nitrogen and oxygen atoms in total. The van der Waals surface area contributed by atoms with Crippen LogP contribution >= 0.6 is 0 Å². The van der Waals surface area contributed by atoms with Crippen molar-refractivity contribution in [3.8, 4) is 0 Å². The summed E-state index contributed by atoms with van der Waals surface area (Å²) in [5.74, 6) is 0.194. The summed E-state index contributed by atoms with van der Waals surface area (Å²) < 4.78 is 23.2. The van der Waals surface area contributed by atoms with E-state index in [-0.39, 0.29) is 16.4 Å². The largest absolute Gasteiger partial charge is 0.338 e. The van der Waals surface area contributed by atoms with Gasteiger partial charge in [-0.1, -0.05) is 18.6 Å². The smallest absolute Gasteiger partial charge is 0.255 e. The lowest BCUT2D eigenvalue weighted by atomic mass is 9.99. The summed E-state index contributed by atoms with van der Waals surface area (Å²) in [6, 6.07) is 4.65. The monoisotopic (exact) mass is 296 g/mol. The van der Waals surface area contributed by atoms with Crippen LogP contribution in [0.15, 0.2) is 23.1 Å². The fourth-order valence-corrected chi connectivity index (χ4v) is 3.31. The van der Waals surface area contributed by atoms with E-state index in [1.165, 1.54) is 6.07 Å². The van der Waals surface area contributed by atoms with Crippen LogP contribution in [0, 0.1) is 12.8 Å². The highest BCUT2D eigenvalue weighted by molar-refractivity contribution is 7.89. The molecule has 0 aromatic heterocycles. The van der Waals surface area contributed by atoms with Crippen molar-refractivity contribution in [1.29, 1.82) is 0 Å². The molecule has 0 radical (unpaired) electrons. The number of carbonyl (C=O) groups is 1. The van der Waals surface area contributed by atoms with Gasteiger partial charge in [0.1, 0.15) is 0 Å². The van der Waals surface area contributed by atoms with Crippen molar-refractivity contribution < 1.29 is 13.2 Å². The van der Waals surface area contributed by atoms with Gasteiger partial charge in [-0.3, -0.25) is 4.79 Å². The number of carbonyl (C=O) groups excluding carboxylic acids is 1. The van der Waals surface area contributed by atoms with Gasteiger partial charge in [0.05, 0.1) is 10.5 Å². The summed E-state index contributed by atoms with van der Waals surface area (Å²) in [5, 5.41) is 5.20.